The quantitative estimate of drug-likeness (QED) is 0.561. The number of benzene rings is 2. The highest BCUT2D eigenvalue weighted by atomic mass is 79.9. The van der Waals surface area contributed by atoms with Gasteiger partial charge in [-0.3, -0.25) is 0 Å². The standard InChI is InChI=1S/C23H25BrN2O5/c1-13(2)19-18(22(27)30-4)20(26-23(28)25-19)16-6-5-7-17(29-3)21(16)31-12-14-8-10-15(24)11-9-14/h5-11,13,20H,12H2,1-4H3,(H2,25,26,28). The molecule has 1 aliphatic rings. The second-order valence-electron chi connectivity index (χ2n) is 7.30. The molecule has 164 valence electrons. The SMILES string of the molecule is COC(=O)C1=C(C(C)C)NC(=O)NC1c1cccc(OC)c1OCc1ccc(Br)cc1. The maximum absolute atomic E-state index is 12.7. The van der Waals surface area contributed by atoms with Crippen LogP contribution in [0, 0.1) is 5.92 Å². The van der Waals surface area contributed by atoms with Gasteiger partial charge in [0.2, 0.25) is 0 Å². The Bertz CT molecular complexity index is 1000. The fourth-order valence-electron chi connectivity index (χ4n) is 3.42. The lowest BCUT2D eigenvalue weighted by Crippen LogP contribution is -2.47. The van der Waals surface area contributed by atoms with Crippen LogP contribution in [0.15, 0.2) is 58.2 Å². The smallest absolute Gasteiger partial charge is 0.337 e. The lowest BCUT2D eigenvalue weighted by atomic mass is 9.91. The number of para-hydroxylation sites is 1. The first-order valence-corrected chi connectivity index (χ1v) is 10.6. The maximum atomic E-state index is 12.7. The highest BCUT2D eigenvalue weighted by Gasteiger charge is 2.36. The van der Waals surface area contributed by atoms with Gasteiger partial charge in [-0.05, 0) is 29.7 Å². The van der Waals surface area contributed by atoms with Gasteiger partial charge in [0.25, 0.3) is 0 Å². The molecule has 1 heterocycles. The Hall–Kier alpha value is -3.00. The Labute approximate surface area is 189 Å². The summed E-state index contributed by atoms with van der Waals surface area (Å²) in [6.07, 6.45) is 0. The number of carbonyl (C=O) groups excluding carboxylic acids is 2. The zero-order valence-corrected chi connectivity index (χ0v) is 19.4. The van der Waals surface area contributed by atoms with E-state index in [0.29, 0.717) is 28.3 Å². The average Bonchev–Trinajstić information content (AvgIpc) is 2.77. The second-order valence-corrected chi connectivity index (χ2v) is 8.21. The first-order chi connectivity index (χ1) is 14.8. The van der Waals surface area contributed by atoms with Crippen molar-refractivity contribution in [3.8, 4) is 11.5 Å². The lowest BCUT2D eigenvalue weighted by Gasteiger charge is -2.31. The van der Waals surface area contributed by atoms with E-state index in [1.807, 2.05) is 38.1 Å². The average molecular weight is 489 g/mol. The molecule has 1 unspecified atom stereocenters. The summed E-state index contributed by atoms with van der Waals surface area (Å²) >= 11 is 3.42. The Morgan fingerprint density at radius 1 is 1.13 bits per heavy atom. The van der Waals surface area contributed by atoms with Gasteiger partial charge in [-0.15, -0.1) is 0 Å². The van der Waals surface area contributed by atoms with Crippen LogP contribution in [0.2, 0.25) is 0 Å². The molecule has 0 bridgehead atoms. The van der Waals surface area contributed by atoms with E-state index in [4.69, 9.17) is 14.2 Å². The summed E-state index contributed by atoms with van der Waals surface area (Å²) in [4.78, 5) is 25.1. The highest BCUT2D eigenvalue weighted by molar-refractivity contribution is 9.10. The molecule has 1 aliphatic heterocycles. The zero-order chi connectivity index (χ0) is 22.5. The number of esters is 1. The summed E-state index contributed by atoms with van der Waals surface area (Å²) in [5.41, 5.74) is 2.41. The van der Waals surface area contributed by atoms with Gasteiger partial charge in [0, 0.05) is 15.7 Å². The molecule has 0 fully saturated rings. The highest BCUT2D eigenvalue weighted by Crippen LogP contribution is 2.40. The van der Waals surface area contributed by atoms with Crippen molar-refractivity contribution in [1.29, 1.82) is 0 Å². The van der Waals surface area contributed by atoms with Crippen molar-refractivity contribution in [2.45, 2.75) is 26.5 Å². The Kier molecular flexibility index (Phi) is 7.22. The van der Waals surface area contributed by atoms with E-state index in [0.717, 1.165) is 10.0 Å². The summed E-state index contributed by atoms with van der Waals surface area (Å²) in [6, 6.07) is 12.0. The number of methoxy groups -OCH3 is 2. The van der Waals surface area contributed by atoms with Crippen LogP contribution in [-0.2, 0) is 16.1 Å². The van der Waals surface area contributed by atoms with Gasteiger partial charge in [-0.2, -0.15) is 0 Å². The first kappa shape index (κ1) is 22.7. The molecule has 7 nitrogen and oxygen atoms in total. The molecule has 0 spiro atoms. The fourth-order valence-corrected chi connectivity index (χ4v) is 3.69. The molecule has 0 radical (unpaired) electrons. The number of nitrogens with one attached hydrogen (secondary N) is 2. The largest absolute Gasteiger partial charge is 0.493 e. The van der Waals surface area contributed by atoms with Gasteiger partial charge in [-0.1, -0.05) is 54.0 Å². The molecule has 0 saturated carbocycles. The van der Waals surface area contributed by atoms with Crippen LogP contribution in [0.25, 0.3) is 0 Å². The number of allylic oxidation sites excluding steroid dienone is 1. The lowest BCUT2D eigenvalue weighted by molar-refractivity contribution is -0.136. The van der Waals surface area contributed by atoms with Crippen LogP contribution < -0.4 is 20.1 Å². The Morgan fingerprint density at radius 2 is 1.84 bits per heavy atom. The minimum Gasteiger partial charge on any atom is -0.493 e. The van der Waals surface area contributed by atoms with Gasteiger partial charge in [0.1, 0.15) is 6.61 Å². The molecule has 0 aliphatic carbocycles. The number of rotatable bonds is 7. The summed E-state index contributed by atoms with van der Waals surface area (Å²) in [7, 11) is 2.86. The van der Waals surface area contributed by atoms with Crippen molar-refractivity contribution in [2.75, 3.05) is 14.2 Å². The van der Waals surface area contributed by atoms with Gasteiger partial charge in [0.05, 0.1) is 25.8 Å². The van der Waals surface area contributed by atoms with E-state index in [2.05, 4.69) is 26.6 Å². The molecule has 2 aromatic rings. The van der Waals surface area contributed by atoms with E-state index in [1.165, 1.54) is 7.11 Å². The number of amides is 2. The molecule has 1 atom stereocenters. The number of ether oxygens (including phenoxy) is 3. The minimum absolute atomic E-state index is 0.0969. The Balaban J connectivity index is 2.07. The minimum atomic E-state index is -0.756. The monoisotopic (exact) mass is 488 g/mol. The molecule has 0 aromatic heterocycles. The van der Waals surface area contributed by atoms with Gasteiger partial charge < -0.3 is 24.8 Å². The second kappa shape index (κ2) is 9.87. The van der Waals surface area contributed by atoms with Crippen molar-refractivity contribution in [1.82, 2.24) is 10.6 Å². The third-order valence-electron chi connectivity index (χ3n) is 4.92. The van der Waals surface area contributed by atoms with E-state index in [-0.39, 0.29) is 12.5 Å². The Morgan fingerprint density at radius 3 is 2.45 bits per heavy atom. The normalized spacial score (nSPS) is 15.9. The molecule has 0 saturated heterocycles. The first-order valence-electron chi connectivity index (χ1n) is 9.79. The van der Waals surface area contributed by atoms with E-state index in [1.54, 1.807) is 25.3 Å². The predicted octanol–water partition coefficient (Wildman–Crippen LogP) is 4.47. The number of hydrogen-bond acceptors (Lipinski definition) is 5. The van der Waals surface area contributed by atoms with Crippen LogP contribution in [0.5, 0.6) is 11.5 Å². The zero-order valence-electron chi connectivity index (χ0n) is 17.8. The molecule has 2 aromatic carbocycles. The van der Waals surface area contributed by atoms with E-state index < -0.39 is 18.0 Å². The van der Waals surface area contributed by atoms with Crippen LogP contribution >= 0.6 is 15.9 Å². The van der Waals surface area contributed by atoms with E-state index in [9.17, 15) is 9.59 Å². The molecule has 8 heteroatoms. The molecule has 2 amide bonds. The van der Waals surface area contributed by atoms with Gasteiger partial charge in [-0.25, -0.2) is 9.59 Å². The molecular weight excluding hydrogens is 464 g/mol. The third kappa shape index (κ3) is 5.02. The number of carbonyl (C=O) groups is 2. The molecular formula is C23H25BrN2O5. The summed E-state index contributed by atoms with van der Waals surface area (Å²) in [5, 5.41) is 5.57. The van der Waals surface area contributed by atoms with Crippen LogP contribution in [-0.4, -0.2) is 26.2 Å². The van der Waals surface area contributed by atoms with Crippen LogP contribution in [0.4, 0.5) is 4.79 Å². The maximum Gasteiger partial charge on any atom is 0.337 e. The van der Waals surface area contributed by atoms with Crippen molar-refractivity contribution in [2.24, 2.45) is 5.92 Å². The summed E-state index contributed by atoms with van der Waals surface area (Å²) in [5.74, 6) is 0.325. The van der Waals surface area contributed by atoms with Crippen molar-refractivity contribution >= 4 is 27.9 Å². The molecule has 3 rings (SSSR count). The van der Waals surface area contributed by atoms with Crippen LogP contribution in [0.1, 0.15) is 31.0 Å². The van der Waals surface area contributed by atoms with Gasteiger partial charge >= 0.3 is 12.0 Å². The van der Waals surface area contributed by atoms with Crippen LogP contribution in [0.3, 0.4) is 0 Å². The number of urea groups is 1. The summed E-state index contributed by atoms with van der Waals surface area (Å²) in [6.45, 7) is 4.09. The number of hydrogen-bond donors (Lipinski definition) is 2. The number of halogens is 1. The van der Waals surface area contributed by atoms with Crippen molar-refractivity contribution in [3.63, 3.8) is 0 Å². The third-order valence-corrected chi connectivity index (χ3v) is 5.45. The molecule has 31 heavy (non-hydrogen) atoms. The van der Waals surface area contributed by atoms with E-state index >= 15 is 0 Å². The van der Waals surface area contributed by atoms with Gasteiger partial charge in [0.15, 0.2) is 11.5 Å². The fraction of sp³-hybridized carbons (Fsp3) is 0.304. The predicted molar refractivity (Wildman–Crippen MR) is 120 cm³/mol. The topological polar surface area (TPSA) is 85.9 Å². The molecule has 2 N–H and O–H groups in total. The van der Waals surface area contributed by atoms with Crippen molar-refractivity contribution in [3.05, 3.63) is 69.3 Å². The van der Waals surface area contributed by atoms with Crippen molar-refractivity contribution < 1.29 is 23.8 Å². The summed E-state index contributed by atoms with van der Waals surface area (Å²) < 4.78 is 17.7.